The monoisotopic (exact) mass is 517 g/mol. The molecule has 0 aromatic carbocycles. The SMILES string of the molecule is COC1=C2CC(C)CC(OC)C(O)C(C)/C=C(\C)C(O)C(OC)/C=C/C=C(\C)C(=O)NC(=CC1=O)C2=O. The molecule has 0 saturated carbocycles. The van der Waals surface area contributed by atoms with Gasteiger partial charge in [0.1, 0.15) is 12.2 Å². The number of rotatable bonds is 3. The Bertz CT molecular complexity index is 1030. The van der Waals surface area contributed by atoms with Crippen LogP contribution < -0.4 is 5.32 Å². The van der Waals surface area contributed by atoms with Gasteiger partial charge >= 0.3 is 0 Å². The van der Waals surface area contributed by atoms with Crippen molar-refractivity contribution in [1.82, 2.24) is 5.32 Å². The third-order valence-corrected chi connectivity index (χ3v) is 6.73. The third-order valence-electron chi connectivity index (χ3n) is 6.73. The van der Waals surface area contributed by atoms with Gasteiger partial charge in [-0.2, -0.15) is 0 Å². The summed E-state index contributed by atoms with van der Waals surface area (Å²) >= 11 is 0. The van der Waals surface area contributed by atoms with Gasteiger partial charge in [0, 0.05) is 37.4 Å². The predicted molar refractivity (Wildman–Crippen MR) is 138 cm³/mol. The van der Waals surface area contributed by atoms with Crippen LogP contribution in [0.25, 0.3) is 0 Å². The lowest BCUT2D eigenvalue weighted by Gasteiger charge is -2.29. The quantitative estimate of drug-likeness (QED) is 0.384. The number of carbonyl (C=O) groups is 3. The second-order valence-electron chi connectivity index (χ2n) is 9.68. The van der Waals surface area contributed by atoms with Crippen molar-refractivity contribution < 1.29 is 38.8 Å². The summed E-state index contributed by atoms with van der Waals surface area (Å²) in [4.78, 5) is 38.7. The Kier molecular flexibility index (Phi) is 11.2. The number of hydrogen-bond donors (Lipinski definition) is 3. The molecule has 1 aliphatic heterocycles. The molecule has 0 aromatic rings. The Balaban J connectivity index is 2.53. The van der Waals surface area contributed by atoms with Crippen LogP contribution in [0.3, 0.4) is 0 Å². The number of hydrogen-bond acceptors (Lipinski definition) is 8. The molecular weight excluding hydrogens is 478 g/mol. The zero-order valence-corrected chi connectivity index (χ0v) is 22.6. The van der Waals surface area contributed by atoms with E-state index in [1.54, 1.807) is 32.1 Å². The number of aliphatic hydroxyl groups is 2. The lowest BCUT2D eigenvalue weighted by molar-refractivity contribution is -0.120. The first-order valence-corrected chi connectivity index (χ1v) is 12.3. The van der Waals surface area contributed by atoms with E-state index in [9.17, 15) is 24.6 Å². The summed E-state index contributed by atoms with van der Waals surface area (Å²) in [5.74, 6) is -2.16. The van der Waals surface area contributed by atoms with Crippen molar-refractivity contribution in [2.24, 2.45) is 11.8 Å². The highest BCUT2D eigenvalue weighted by atomic mass is 16.5. The minimum absolute atomic E-state index is 0.0584. The first-order valence-electron chi connectivity index (χ1n) is 12.3. The Labute approximate surface area is 218 Å². The minimum Gasteiger partial charge on any atom is -0.492 e. The lowest BCUT2D eigenvalue weighted by Crippen LogP contribution is -2.36. The highest BCUT2D eigenvalue weighted by molar-refractivity contribution is 6.23. The number of fused-ring (bicyclic) bond motifs is 2. The average Bonchev–Trinajstić information content (AvgIpc) is 2.86. The molecule has 1 heterocycles. The van der Waals surface area contributed by atoms with Crippen molar-refractivity contribution in [3.05, 3.63) is 58.6 Å². The fourth-order valence-corrected chi connectivity index (χ4v) is 4.51. The van der Waals surface area contributed by atoms with Crippen LogP contribution in [0, 0.1) is 11.8 Å². The van der Waals surface area contributed by atoms with Crippen molar-refractivity contribution in [2.75, 3.05) is 21.3 Å². The van der Waals surface area contributed by atoms with E-state index >= 15 is 0 Å². The second kappa shape index (κ2) is 13.6. The smallest absolute Gasteiger partial charge is 0.251 e. The van der Waals surface area contributed by atoms with Gasteiger partial charge in [0.15, 0.2) is 5.76 Å². The normalized spacial score (nSPS) is 34.6. The highest BCUT2D eigenvalue weighted by Crippen LogP contribution is 2.29. The summed E-state index contributed by atoms with van der Waals surface area (Å²) in [6.07, 6.45) is 4.96. The van der Waals surface area contributed by atoms with E-state index in [1.807, 2.05) is 13.8 Å². The molecule has 37 heavy (non-hydrogen) atoms. The van der Waals surface area contributed by atoms with Crippen LogP contribution in [0.4, 0.5) is 0 Å². The maximum absolute atomic E-state index is 13.3. The molecular formula is C28H39NO8. The highest BCUT2D eigenvalue weighted by Gasteiger charge is 2.33. The van der Waals surface area contributed by atoms with E-state index in [-0.39, 0.29) is 40.9 Å². The van der Waals surface area contributed by atoms with Gasteiger partial charge in [-0.15, -0.1) is 0 Å². The number of ketones is 2. The predicted octanol–water partition coefficient (Wildman–Crippen LogP) is 2.31. The van der Waals surface area contributed by atoms with E-state index in [0.717, 1.165) is 6.08 Å². The summed E-state index contributed by atoms with van der Waals surface area (Å²) in [7, 11) is 4.28. The van der Waals surface area contributed by atoms with Crippen LogP contribution in [0.15, 0.2) is 58.6 Å². The zero-order chi connectivity index (χ0) is 27.9. The summed E-state index contributed by atoms with van der Waals surface area (Å²) in [5.41, 5.74) is 0.927. The Morgan fingerprint density at radius 3 is 2.30 bits per heavy atom. The van der Waals surface area contributed by atoms with Gasteiger partial charge in [0.25, 0.3) is 5.91 Å². The molecule has 9 nitrogen and oxygen atoms in total. The number of Topliss-reactive ketones (excluding diaryl/α,β-unsaturated/α-hetero) is 1. The van der Waals surface area contributed by atoms with Gasteiger partial charge in [-0.25, -0.2) is 0 Å². The summed E-state index contributed by atoms with van der Waals surface area (Å²) in [6, 6.07) is 0. The standard InChI is InChI=1S/C28H39NO8/c1-15-11-19-26(33)20(14-21(30)27(19)37-7)29-28(34)16(2)9-8-10-22(35-5)24(31)17(3)13-18(4)25(32)23(12-15)36-6/h8-10,13-15,18,22-25,31-32H,11-12H2,1-7H3,(H,29,34)/b10-8+,16-9+,17-13+. The number of amides is 1. The molecule has 2 rings (SSSR count). The fraction of sp³-hybridized carbons (Fsp3) is 0.536. The zero-order valence-electron chi connectivity index (χ0n) is 22.6. The van der Waals surface area contributed by atoms with Crippen LogP contribution in [-0.4, -0.2) is 73.4 Å². The van der Waals surface area contributed by atoms with Crippen molar-refractivity contribution in [2.45, 2.75) is 65.0 Å². The Morgan fingerprint density at radius 2 is 1.70 bits per heavy atom. The van der Waals surface area contributed by atoms with Gasteiger partial charge in [-0.1, -0.05) is 38.2 Å². The number of allylic oxidation sites excluding steroid dienone is 4. The molecule has 2 bridgehead atoms. The molecule has 3 N–H and O–H groups in total. The van der Waals surface area contributed by atoms with Crippen molar-refractivity contribution in [3.63, 3.8) is 0 Å². The van der Waals surface area contributed by atoms with Gasteiger partial charge < -0.3 is 29.7 Å². The average molecular weight is 518 g/mol. The van der Waals surface area contributed by atoms with Crippen LogP contribution in [0.2, 0.25) is 0 Å². The molecule has 6 unspecified atom stereocenters. The molecule has 0 spiro atoms. The number of methoxy groups -OCH3 is 3. The summed E-state index contributed by atoms with van der Waals surface area (Å²) in [6.45, 7) is 7.03. The molecule has 1 amide bonds. The number of carbonyl (C=O) groups excluding carboxylic acids is 3. The molecule has 0 radical (unpaired) electrons. The molecule has 6 atom stereocenters. The van der Waals surface area contributed by atoms with Gasteiger partial charge in [0.2, 0.25) is 11.6 Å². The van der Waals surface area contributed by atoms with Crippen molar-refractivity contribution in [1.29, 1.82) is 0 Å². The van der Waals surface area contributed by atoms with Gasteiger partial charge in [-0.3, -0.25) is 14.4 Å². The second-order valence-corrected chi connectivity index (χ2v) is 9.68. The summed E-state index contributed by atoms with van der Waals surface area (Å²) < 4.78 is 16.2. The largest absolute Gasteiger partial charge is 0.492 e. The fourth-order valence-electron chi connectivity index (χ4n) is 4.51. The summed E-state index contributed by atoms with van der Waals surface area (Å²) in [5, 5.41) is 24.4. The van der Waals surface area contributed by atoms with E-state index in [4.69, 9.17) is 14.2 Å². The van der Waals surface area contributed by atoms with E-state index < -0.39 is 41.9 Å². The molecule has 0 saturated heterocycles. The van der Waals surface area contributed by atoms with Crippen LogP contribution >= 0.6 is 0 Å². The molecule has 204 valence electrons. The van der Waals surface area contributed by atoms with Crippen molar-refractivity contribution in [3.8, 4) is 0 Å². The first kappa shape index (κ1) is 30.4. The van der Waals surface area contributed by atoms with E-state index in [1.165, 1.54) is 27.4 Å². The van der Waals surface area contributed by atoms with Crippen molar-refractivity contribution >= 4 is 17.5 Å². The molecule has 2 aliphatic rings. The van der Waals surface area contributed by atoms with Crippen LogP contribution in [-0.2, 0) is 28.6 Å². The van der Waals surface area contributed by atoms with E-state index in [0.29, 0.717) is 12.0 Å². The number of ether oxygens (including phenoxy) is 3. The van der Waals surface area contributed by atoms with E-state index in [2.05, 4.69) is 5.32 Å². The molecule has 0 fully saturated rings. The van der Waals surface area contributed by atoms with Gasteiger partial charge in [-0.05, 0) is 38.2 Å². The minimum atomic E-state index is -0.979. The van der Waals surface area contributed by atoms with Crippen LogP contribution in [0.1, 0.15) is 40.5 Å². The van der Waals surface area contributed by atoms with Crippen LogP contribution in [0.5, 0.6) is 0 Å². The molecule has 1 aliphatic carbocycles. The maximum atomic E-state index is 13.3. The maximum Gasteiger partial charge on any atom is 0.251 e. The Hall–Kier alpha value is -2.85. The van der Waals surface area contributed by atoms with Gasteiger partial charge in [0.05, 0.1) is 25.0 Å². The Morgan fingerprint density at radius 1 is 1.03 bits per heavy atom. The third kappa shape index (κ3) is 7.58. The molecule has 0 aromatic heterocycles. The number of aliphatic hydroxyl groups excluding tert-OH is 2. The first-order chi connectivity index (χ1) is 17.4. The molecule has 9 heteroatoms. The number of nitrogens with one attached hydrogen (secondary N) is 1. The lowest BCUT2D eigenvalue weighted by atomic mass is 9.85. The topological polar surface area (TPSA) is 131 Å².